The second-order valence-corrected chi connectivity index (χ2v) is 9.39. The molecular formula is C26H24FN5O3. The number of carbonyl (C=O) groups excluding carboxylic acids is 3. The molecular weight excluding hydrogens is 449 g/mol. The molecule has 3 heterocycles. The summed E-state index contributed by atoms with van der Waals surface area (Å²) in [6, 6.07) is 13.0. The molecule has 0 radical (unpaired) electrons. The molecule has 0 saturated heterocycles. The summed E-state index contributed by atoms with van der Waals surface area (Å²) in [6.45, 7) is 0.376. The van der Waals surface area contributed by atoms with E-state index in [0.29, 0.717) is 40.6 Å². The first kappa shape index (κ1) is 21.5. The van der Waals surface area contributed by atoms with Crippen LogP contribution in [0.25, 0.3) is 11.3 Å². The third-order valence-electron chi connectivity index (χ3n) is 6.67. The molecule has 8 nitrogen and oxygen atoms in total. The fraction of sp³-hybridized carbons (Fsp3) is 0.308. The number of Topliss-reactive ketones (excluding diaryl/α,β-unsaturated/α-hetero) is 1. The number of nitrogens with zero attached hydrogens (tertiary/aromatic N) is 2. The number of halogens is 1. The van der Waals surface area contributed by atoms with Gasteiger partial charge in [-0.15, -0.1) is 0 Å². The van der Waals surface area contributed by atoms with Gasteiger partial charge in [0.2, 0.25) is 11.8 Å². The predicted molar refractivity (Wildman–Crippen MR) is 128 cm³/mol. The van der Waals surface area contributed by atoms with Crippen LogP contribution in [0.5, 0.6) is 0 Å². The third-order valence-corrected chi connectivity index (χ3v) is 6.67. The Hall–Kier alpha value is -4.01. The minimum absolute atomic E-state index is 0.0258. The number of nitrogens with one attached hydrogen (secondary N) is 3. The molecule has 178 valence electrons. The van der Waals surface area contributed by atoms with Gasteiger partial charge in [-0.05, 0) is 43.5 Å². The number of ketones is 1. The molecule has 1 aromatic carbocycles. The number of fused-ring (bicyclic) bond motifs is 1. The van der Waals surface area contributed by atoms with Crippen molar-refractivity contribution in [3.05, 3.63) is 59.9 Å². The monoisotopic (exact) mass is 473 g/mol. The Balaban J connectivity index is 1.37. The summed E-state index contributed by atoms with van der Waals surface area (Å²) in [5, 5.41) is 6.05. The van der Waals surface area contributed by atoms with E-state index in [1.807, 2.05) is 30.3 Å². The molecule has 35 heavy (non-hydrogen) atoms. The molecule has 3 N–H and O–H groups in total. The van der Waals surface area contributed by atoms with Crippen molar-refractivity contribution < 1.29 is 18.8 Å². The molecule has 1 aliphatic heterocycles. The number of rotatable bonds is 6. The van der Waals surface area contributed by atoms with E-state index >= 15 is 0 Å². The summed E-state index contributed by atoms with van der Waals surface area (Å²) in [4.78, 5) is 47.3. The van der Waals surface area contributed by atoms with Gasteiger partial charge in [0.05, 0.1) is 36.0 Å². The highest BCUT2D eigenvalue weighted by atomic mass is 19.1. The number of amides is 2. The molecule has 2 amide bonds. The van der Waals surface area contributed by atoms with Crippen LogP contribution < -0.4 is 10.6 Å². The summed E-state index contributed by atoms with van der Waals surface area (Å²) in [6.07, 6.45) is 2.45. The van der Waals surface area contributed by atoms with Crippen molar-refractivity contribution >= 4 is 34.8 Å². The molecule has 2 aromatic heterocycles. The van der Waals surface area contributed by atoms with Crippen LogP contribution in [0.3, 0.4) is 0 Å². The van der Waals surface area contributed by atoms with Gasteiger partial charge in [0.1, 0.15) is 12.0 Å². The largest absolute Gasteiger partial charge is 0.355 e. The Morgan fingerprint density at radius 2 is 1.89 bits per heavy atom. The number of alkyl halides is 1. The SMILES string of the molecule is O=C1CN(C(=O)C2CC2)Cc2[nH]c(-c3ccnc(NC(=O)[C@@H]4C[C@@H]4F)c3)c(Nc3ccccc3)c21. The molecule has 3 aromatic rings. The van der Waals surface area contributed by atoms with Gasteiger partial charge >= 0.3 is 0 Å². The highest BCUT2D eigenvalue weighted by Gasteiger charge is 2.44. The number of H-pyrrole nitrogens is 1. The minimum atomic E-state index is -1.10. The van der Waals surface area contributed by atoms with Gasteiger partial charge in [-0.2, -0.15) is 0 Å². The van der Waals surface area contributed by atoms with Gasteiger partial charge in [-0.1, -0.05) is 18.2 Å². The van der Waals surface area contributed by atoms with Crippen molar-refractivity contribution in [2.24, 2.45) is 11.8 Å². The molecule has 0 bridgehead atoms. The molecule has 6 rings (SSSR count). The number of hydrogen-bond acceptors (Lipinski definition) is 5. The summed E-state index contributed by atoms with van der Waals surface area (Å²) >= 11 is 0. The van der Waals surface area contributed by atoms with Crippen molar-refractivity contribution in [2.45, 2.75) is 32.0 Å². The van der Waals surface area contributed by atoms with E-state index in [1.165, 1.54) is 0 Å². The summed E-state index contributed by atoms with van der Waals surface area (Å²) in [5.41, 5.74) is 3.98. The number of carbonyl (C=O) groups is 3. The van der Waals surface area contributed by atoms with Gasteiger partial charge < -0.3 is 20.5 Å². The minimum Gasteiger partial charge on any atom is -0.355 e. The summed E-state index contributed by atoms with van der Waals surface area (Å²) in [7, 11) is 0. The first-order chi connectivity index (χ1) is 17.0. The lowest BCUT2D eigenvalue weighted by atomic mass is 10.0. The summed E-state index contributed by atoms with van der Waals surface area (Å²) < 4.78 is 13.3. The van der Waals surface area contributed by atoms with Crippen molar-refractivity contribution in [3.63, 3.8) is 0 Å². The number of benzene rings is 1. The second kappa shape index (κ2) is 8.33. The fourth-order valence-corrected chi connectivity index (χ4v) is 4.54. The van der Waals surface area contributed by atoms with Crippen LogP contribution >= 0.6 is 0 Å². The quantitative estimate of drug-likeness (QED) is 0.501. The van der Waals surface area contributed by atoms with Crippen LogP contribution in [0.1, 0.15) is 35.3 Å². The number of aromatic nitrogens is 2. The Morgan fingerprint density at radius 1 is 1.11 bits per heavy atom. The average Bonchev–Trinajstić information content (AvgIpc) is 3.78. The van der Waals surface area contributed by atoms with Crippen molar-refractivity contribution in [1.82, 2.24) is 14.9 Å². The number of anilines is 3. The van der Waals surface area contributed by atoms with Crippen LogP contribution in [-0.4, -0.2) is 45.2 Å². The van der Waals surface area contributed by atoms with Crippen LogP contribution in [0.4, 0.5) is 21.6 Å². The van der Waals surface area contributed by atoms with Crippen molar-refractivity contribution in [3.8, 4) is 11.3 Å². The maximum absolute atomic E-state index is 13.3. The molecule has 2 atom stereocenters. The normalized spacial score (nSPS) is 20.8. The van der Waals surface area contributed by atoms with E-state index in [9.17, 15) is 18.8 Å². The number of aromatic amines is 1. The first-order valence-electron chi connectivity index (χ1n) is 11.8. The zero-order valence-corrected chi connectivity index (χ0v) is 18.9. The molecule has 9 heteroatoms. The Labute approximate surface area is 200 Å². The van der Waals surface area contributed by atoms with Crippen LogP contribution in [0.2, 0.25) is 0 Å². The standard InChI is InChI=1S/C26H24FN5O3/c27-18-11-17(18)25(34)31-21-10-15(8-9-28-21)23-24(29-16-4-2-1-3-5-16)22-19(30-23)12-32(13-20(22)33)26(35)14-6-7-14/h1-5,8-10,14,17-18,29-30H,6-7,11-13H2,(H,28,31,34)/t17-,18+/m1/s1. The first-order valence-corrected chi connectivity index (χ1v) is 11.8. The number of hydrogen-bond donors (Lipinski definition) is 3. The molecule has 2 fully saturated rings. The highest BCUT2D eigenvalue weighted by Crippen LogP contribution is 2.40. The Morgan fingerprint density at radius 3 is 2.60 bits per heavy atom. The third kappa shape index (κ3) is 4.18. The van der Waals surface area contributed by atoms with Gasteiger partial charge in [-0.3, -0.25) is 14.4 Å². The maximum Gasteiger partial charge on any atom is 0.231 e. The average molecular weight is 474 g/mol. The number of para-hydroxylation sites is 1. The molecule has 3 aliphatic rings. The second-order valence-electron chi connectivity index (χ2n) is 9.39. The summed E-state index contributed by atoms with van der Waals surface area (Å²) in [5.74, 6) is -0.783. The highest BCUT2D eigenvalue weighted by molar-refractivity contribution is 6.09. The van der Waals surface area contributed by atoms with E-state index in [1.54, 1.807) is 23.2 Å². The Bertz CT molecular complexity index is 1330. The van der Waals surface area contributed by atoms with E-state index in [-0.39, 0.29) is 36.5 Å². The van der Waals surface area contributed by atoms with E-state index in [2.05, 4.69) is 20.6 Å². The van der Waals surface area contributed by atoms with Crippen molar-refractivity contribution in [1.29, 1.82) is 0 Å². The lowest BCUT2D eigenvalue weighted by molar-refractivity contribution is -0.132. The van der Waals surface area contributed by atoms with Gasteiger partial charge in [0.15, 0.2) is 5.78 Å². The smallest absolute Gasteiger partial charge is 0.231 e. The lowest BCUT2D eigenvalue weighted by Gasteiger charge is -2.26. The number of pyridine rings is 1. The van der Waals surface area contributed by atoms with Crippen LogP contribution in [-0.2, 0) is 16.1 Å². The maximum atomic E-state index is 13.3. The Kier molecular flexibility index (Phi) is 5.12. The van der Waals surface area contributed by atoms with Gasteiger partial charge in [0.25, 0.3) is 0 Å². The topological polar surface area (TPSA) is 107 Å². The fourth-order valence-electron chi connectivity index (χ4n) is 4.54. The van der Waals surface area contributed by atoms with E-state index < -0.39 is 12.1 Å². The predicted octanol–water partition coefficient (Wildman–Crippen LogP) is 4.05. The zero-order chi connectivity index (χ0) is 24.1. The van der Waals surface area contributed by atoms with Gasteiger partial charge in [-0.25, -0.2) is 9.37 Å². The van der Waals surface area contributed by atoms with E-state index in [0.717, 1.165) is 18.5 Å². The molecule has 0 spiro atoms. The van der Waals surface area contributed by atoms with Gasteiger partial charge in [0, 0.05) is 29.1 Å². The molecule has 0 unspecified atom stereocenters. The lowest BCUT2D eigenvalue weighted by Crippen LogP contribution is -2.40. The zero-order valence-electron chi connectivity index (χ0n) is 18.9. The van der Waals surface area contributed by atoms with Crippen molar-refractivity contribution in [2.75, 3.05) is 17.2 Å². The molecule has 2 saturated carbocycles. The molecule has 2 aliphatic carbocycles. The van der Waals surface area contributed by atoms with Crippen LogP contribution in [0, 0.1) is 11.8 Å². The van der Waals surface area contributed by atoms with Crippen LogP contribution in [0.15, 0.2) is 48.7 Å². The van der Waals surface area contributed by atoms with E-state index in [4.69, 9.17) is 0 Å².